The number of rotatable bonds is 2. The van der Waals surface area contributed by atoms with Gasteiger partial charge in [-0.1, -0.05) is 30.3 Å². The number of hydrogen-bond donors (Lipinski definition) is 1. The summed E-state index contributed by atoms with van der Waals surface area (Å²) in [6.07, 6.45) is 4.29. The summed E-state index contributed by atoms with van der Waals surface area (Å²) >= 11 is 0. The third kappa shape index (κ3) is 1.41. The molecule has 2 aliphatic rings. The van der Waals surface area contributed by atoms with Crippen molar-refractivity contribution in [2.75, 3.05) is 6.54 Å². The zero-order valence-corrected chi connectivity index (χ0v) is 9.10. The van der Waals surface area contributed by atoms with Gasteiger partial charge in [-0.05, 0) is 55.0 Å². The van der Waals surface area contributed by atoms with Crippen molar-refractivity contribution >= 4 is 0 Å². The van der Waals surface area contributed by atoms with Crippen LogP contribution < -0.4 is 5.73 Å². The van der Waals surface area contributed by atoms with Crippen molar-refractivity contribution in [3.8, 4) is 0 Å². The summed E-state index contributed by atoms with van der Waals surface area (Å²) in [5.41, 5.74) is 7.48. The van der Waals surface area contributed by atoms with Gasteiger partial charge in [-0.15, -0.1) is 0 Å². The maximum Gasteiger partial charge on any atom is -0.00403 e. The van der Waals surface area contributed by atoms with Gasteiger partial charge in [0.15, 0.2) is 0 Å². The molecular formula is C14H19N. The molecule has 0 radical (unpaired) electrons. The maximum atomic E-state index is 5.95. The van der Waals surface area contributed by atoms with Crippen molar-refractivity contribution in [1.82, 2.24) is 0 Å². The average Bonchev–Trinajstić information content (AvgIpc) is 2.89. The van der Waals surface area contributed by atoms with Crippen molar-refractivity contribution in [3.05, 3.63) is 35.9 Å². The van der Waals surface area contributed by atoms with Crippen LogP contribution in [0.4, 0.5) is 0 Å². The Hall–Kier alpha value is -0.820. The molecule has 0 saturated heterocycles. The molecule has 1 heteroatoms. The van der Waals surface area contributed by atoms with E-state index in [-0.39, 0.29) is 0 Å². The highest BCUT2D eigenvalue weighted by Gasteiger charge is 2.46. The highest BCUT2D eigenvalue weighted by Crippen LogP contribution is 2.56. The fourth-order valence-electron chi connectivity index (χ4n) is 3.94. The van der Waals surface area contributed by atoms with E-state index in [4.69, 9.17) is 5.73 Å². The molecule has 80 valence electrons. The lowest BCUT2D eigenvalue weighted by atomic mass is 9.75. The number of fused-ring (bicyclic) bond motifs is 2. The van der Waals surface area contributed by atoms with E-state index in [1.807, 2.05) is 0 Å². The van der Waals surface area contributed by atoms with Gasteiger partial charge < -0.3 is 5.73 Å². The molecule has 2 bridgehead atoms. The van der Waals surface area contributed by atoms with Crippen molar-refractivity contribution < 1.29 is 0 Å². The SMILES string of the molecule is NC[C@@H]1[C@@H]2CC[C@@H](C2)[C@H]1c1ccccc1. The lowest BCUT2D eigenvalue weighted by molar-refractivity contribution is 0.295. The van der Waals surface area contributed by atoms with E-state index in [2.05, 4.69) is 30.3 Å². The molecule has 0 spiro atoms. The second kappa shape index (κ2) is 3.64. The topological polar surface area (TPSA) is 26.0 Å². The van der Waals surface area contributed by atoms with Crippen LogP contribution in [-0.4, -0.2) is 6.54 Å². The third-order valence-corrected chi connectivity index (χ3v) is 4.55. The van der Waals surface area contributed by atoms with E-state index in [1.165, 1.54) is 24.8 Å². The molecule has 2 N–H and O–H groups in total. The van der Waals surface area contributed by atoms with Gasteiger partial charge in [0.2, 0.25) is 0 Å². The Morgan fingerprint density at radius 2 is 1.80 bits per heavy atom. The van der Waals surface area contributed by atoms with Gasteiger partial charge in [-0.2, -0.15) is 0 Å². The first-order chi connectivity index (χ1) is 7.40. The number of nitrogens with two attached hydrogens (primary N) is 1. The maximum absolute atomic E-state index is 5.95. The van der Waals surface area contributed by atoms with E-state index in [0.717, 1.165) is 30.2 Å². The molecule has 0 amide bonds. The van der Waals surface area contributed by atoms with Gasteiger partial charge in [0, 0.05) is 0 Å². The molecule has 4 atom stereocenters. The van der Waals surface area contributed by atoms with Crippen LogP contribution in [0.25, 0.3) is 0 Å². The highest BCUT2D eigenvalue weighted by molar-refractivity contribution is 5.24. The minimum atomic E-state index is 0.756. The first kappa shape index (κ1) is 9.41. The summed E-state index contributed by atoms with van der Waals surface area (Å²) in [6.45, 7) is 0.876. The van der Waals surface area contributed by atoms with E-state index in [9.17, 15) is 0 Å². The van der Waals surface area contributed by atoms with Crippen LogP contribution in [0.2, 0.25) is 0 Å². The average molecular weight is 201 g/mol. The smallest absolute Gasteiger partial charge is 0.00403 e. The number of benzene rings is 1. The molecule has 3 rings (SSSR count). The van der Waals surface area contributed by atoms with Crippen molar-refractivity contribution in [3.63, 3.8) is 0 Å². The second-order valence-electron chi connectivity index (χ2n) is 5.17. The predicted octanol–water partition coefficient (Wildman–Crippen LogP) is 2.78. The van der Waals surface area contributed by atoms with Crippen LogP contribution in [0.1, 0.15) is 30.7 Å². The van der Waals surface area contributed by atoms with E-state index < -0.39 is 0 Å². The summed E-state index contributed by atoms with van der Waals surface area (Å²) < 4.78 is 0. The van der Waals surface area contributed by atoms with Gasteiger partial charge in [0.1, 0.15) is 0 Å². The van der Waals surface area contributed by atoms with Crippen LogP contribution in [-0.2, 0) is 0 Å². The molecule has 15 heavy (non-hydrogen) atoms. The monoisotopic (exact) mass is 201 g/mol. The summed E-state index contributed by atoms with van der Waals surface area (Å²) in [5.74, 6) is 3.36. The van der Waals surface area contributed by atoms with Crippen LogP contribution in [0.15, 0.2) is 30.3 Å². The Kier molecular flexibility index (Phi) is 2.28. The Balaban J connectivity index is 1.92. The quantitative estimate of drug-likeness (QED) is 0.782. The molecule has 1 aromatic carbocycles. The summed E-state index contributed by atoms with van der Waals surface area (Å²) in [5, 5.41) is 0. The lowest BCUT2D eigenvalue weighted by Gasteiger charge is -2.30. The fraction of sp³-hybridized carbons (Fsp3) is 0.571. The molecule has 0 aliphatic heterocycles. The Labute approximate surface area is 91.7 Å². The molecule has 0 aromatic heterocycles. The molecule has 1 aromatic rings. The Bertz CT molecular complexity index is 332. The third-order valence-electron chi connectivity index (χ3n) is 4.55. The van der Waals surface area contributed by atoms with Crippen LogP contribution >= 0.6 is 0 Å². The minimum Gasteiger partial charge on any atom is -0.330 e. The van der Waals surface area contributed by atoms with Gasteiger partial charge >= 0.3 is 0 Å². The van der Waals surface area contributed by atoms with Gasteiger partial charge in [0.05, 0.1) is 0 Å². The molecule has 2 aliphatic carbocycles. The van der Waals surface area contributed by atoms with Crippen molar-refractivity contribution in [2.24, 2.45) is 23.5 Å². The summed E-state index contributed by atoms with van der Waals surface area (Å²) in [4.78, 5) is 0. The van der Waals surface area contributed by atoms with Crippen LogP contribution in [0.3, 0.4) is 0 Å². The zero-order valence-electron chi connectivity index (χ0n) is 9.10. The molecular weight excluding hydrogens is 182 g/mol. The summed E-state index contributed by atoms with van der Waals surface area (Å²) in [7, 11) is 0. The van der Waals surface area contributed by atoms with Gasteiger partial charge in [-0.25, -0.2) is 0 Å². The molecule has 0 heterocycles. The van der Waals surface area contributed by atoms with E-state index in [0.29, 0.717) is 0 Å². The zero-order chi connectivity index (χ0) is 10.3. The normalized spacial score (nSPS) is 38.5. The second-order valence-corrected chi connectivity index (χ2v) is 5.17. The lowest BCUT2D eigenvalue weighted by Crippen LogP contribution is -2.27. The van der Waals surface area contributed by atoms with E-state index >= 15 is 0 Å². The van der Waals surface area contributed by atoms with Crippen molar-refractivity contribution in [1.29, 1.82) is 0 Å². The molecule has 2 saturated carbocycles. The highest BCUT2D eigenvalue weighted by atomic mass is 14.6. The Morgan fingerprint density at radius 1 is 1.07 bits per heavy atom. The van der Waals surface area contributed by atoms with Gasteiger partial charge in [0.25, 0.3) is 0 Å². The largest absolute Gasteiger partial charge is 0.330 e. The van der Waals surface area contributed by atoms with Gasteiger partial charge in [-0.3, -0.25) is 0 Å². The molecule has 0 unspecified atom stereocenters. The molecule has 1 nitrogen and oxygen atoms in total. The molecule has 2 fully saturated rings. The fourth-order valence-corrected chi connectivity index (χ4v) is 3.94. The predicted molar refractivity (Wildman–Crippen MR) is 62.6 cm³/mol. The summed E-state index contributed by atoms with van der Waals surface area (Å²) in [6, 6.07) is 11.0. The first-order valence-electron chi connectivity index (χ1n) is 6.15. The number of hydrogen-bond acceptors (Lipinski definition) is 1. The standard InChI is InChI=1S/C14H19N/c15-9-13-11-6-7-12(8-11)14(13)10-4-2-1-3-5-10/h1-5,11-14H,6-9,15H2/t11-,12+,13-,14-/m1/s1. The van der Waals surface area contributed by atoms with Crippen LogP contribution in [0, 0.1) is 17.8 Å². The van der Waals surface area contributed by atoms with Crippen molar-refractivity contribution in [2.45, 2.75) is 25.2 Å². The minimum absolute atomic E-state index is 0.756. The first-order valence-corrected chi connectivity index (χ1v) is 6.15. The van der Waals surface area contributed by atoms with E-state index in [1.54, 1.807) is 0 Å². The Morgan fingerprint density at radius 3 is 2.53 bits per heavy atom. The van der Waals surface area contributed by atoms with Crippen LogP contribution in [0.5, 0.6) is 0 Å².